The Bertz CT molecular complexity index is 774. The van der Waals surface area contributed by atoms with Crippen molar-refractivity contribution in [2.45, 2.75) is 78.7 Å². The van der Waals surface area contributed by atoms with Crippen LogP contribution in [0.1, 0.15) is 83.4 Å². The highest BCUT2D eigenvalue weighted by Gasteiger charge is 2.34. The zero-order valence-corrected chi connectivity index (χ0v) is 20.7. The highest BCUT2D eigenvalue weighted by Crippen LogP contribution is 2.25. The fraction of sp³-hybridized carbons (Fsp3) is 0.750. The van der Waals surface area contributed by atoms with Gasteiger partial charge in [-0.1, -0.05) is 54.4 Å². The Morgan fingerprint density at radius 1 is 1.28 bits per heavy atom. The van der Waals surface area contributed by atoms with Crippen LogP contribution in [0.3, 0.4) is 0 Å². The second-order valence-electron chi connectivity index (χ2n) is 10.3. The van der Waals surface area contributed by atoms with Crippen LogP contribution in [0, 0.1) is 11.8 Å². The van der Waals surface area contributed by atoms with E-state index < -0.39 is 0 Å². The third-order valence-electron chi connectivity index (χ3n) is 5.76. The summed E-state index contributed by atoms with van der Waals surface area (Å²) in [6.07, 6.45) is 5.49. The Balaban J connectivity index is 2.36. The van der Waals surface area contributed by atoms with E-state index in [0.717, 1.165) is 25.8 Å². The summed E-state index contributed by atoms with van der Waals surface area (Å²) in [5.41, 5.74) is 5.83. The van der Waals surface area contributed by atoms with Crippen LogP contribution in [0.2, 0.25) is 0 Å². The van der Waals surface area contributed by atoms with Crippen LogP contribution in [0.4, 0.5) is 5.82 Å². The molecule has 0 radical (unpaired) electrons. The van der Waals surface area contributed by atoms with Gasteiger partial charge in [0, 0.05) is 43.8 Å². The molecule has 2 rings (SSSR count). The van der Waals surface area contributed by atoms with Crippen molar-refractivity contribution in [1.29, 1.82) is 0 Å². The van der Waals surface area contributed by atoms with Crippen LogP contribution in [0.5, 0.6) is 0 Å². The number of hydrogen-bond donors (Lipinski definition) is 3. The second kappa shape index (κ2) is 11.6. The van der Waals surface area contributed by atoms with E-state index in [-0.39, 0.29) is 35.1 Å². The number of primary amides is 1. The van der Waals surface area contributed by atoms with Gasteiger partial charge in [-0.05, 0) is 18.8 Å². The first kappa shape index (κ1) is 26.0. The van der Waals surface area contributed by atoms with E-state index in [2.05, 4.69) is 57.2 Å². The molecule has 180 valence electrons. The van der Waals surface area contributed by atoms with Gasteiger partial charge in [0.1, 0.15) is 17.2 Å². The summed E-state index contributed by atoms with van der Waals surface area (Å²) in [6.45, 7) is 15.1. The number of unbranched alkanes of at least 4 members (excludes halogenated alkanes) is 2. The minimum absolute atomic E-state index is 0.103. The highest BCUT2D eigenvalue weighted by atomic mass is 16.2. The predicted octanol–water partition coefficient (Wildman–Crippen LogP) is 2.94. The molecular weight excluding hydrogens is 404 g/mol. The van der Waals surface area contributed by atoms with Gasteiger partial charge in [0.25, 0.3) is 5.91 Å². The monoisotopic (exact) mass is 446 g/mol. The molecule has 8 nitrogen and oxygen atoms in total. The zero-order chi connectivity index (χ0) is 23.9. The standard InChI is InChI=1S/C24H42N6O2/c1-7-8-9-10-27-21-19(14-28-23(29-21)24(4,5)6)22(32)30(15-16(2)3)18-11-17(20(25)31)12-26-13-18/h14,16-18,26H,7-13,15H2,1-6H3,(H2,25,31)(H,27,28,29)/t17-,18+/m1/s1. The van der Waals surface area contributed by atoms with Gasteiger partial charge in [-0.25, -0.2) is 9.97 Å². The van der Waals surface area contributed by atoms with Crippen LogP contribution < -0.4 is 16.4 Å². The van der Waals surface area contributed by atoms with Crippen molar-refractivity contribution in [3.63, 3.8) is 0 Å². The zero-order valence-electron chi connectivity index (χ0n) is 20.7. The molecule has 1 aromatic heterocycles. The van der Waals surface area contributed by atoms with E-state index in [1.165, 1.54) is 0 Å². The van der Waals surface area contributed by atoms with Gasteiger partial charge in [-0.15, -0.1) is 0 Å². The van der Waals surface area contributed by atoms with Crippen molar-refractivity contribution in [1.82, 2.24) is 20.2 Å². The topological polar surface area (TPSA) is 113 Å². The summed E-state index contributed by atoms with van der Waals surface area (Å²) in [5.74, 6) is 0.876. The molecule has 0 saturated carbocycles. The van der Waals surface area contributed by atoms with Crippen molar-refractivity contribution in [2.75, 3.05) is 31.5 Å². The van der Waals surface area contributed by atoms with Gasteiger partial charge in [-0.2, -0.15) is 0 Å². The molecule has 32 heavy (non-hydrogen) atoms. The van der Waals surface area contributed by atoms with E-state index in [1.54, 1.807) is 6.20 Å². The number of nitrogens with one attached hydrogen (secondary N) is 2. The molecule has 4 N–H and O–H groups in total. The van der Waals surface area contributed by atoms with Gasteiger partial charge in [0.15, 0.2) is 0 Å². The molecule has 8 heteroatoms. The Morgan fingerprint density at radius 3 is 2.59 bits per heavy atom. The Labute approximate surface area is 193 Å². The smallest absolute Gasteiger partial charge is 0.259 e. The molecule has 1 aromatic rings. The molecule has 1 aliphatic heterocycles. The van der Waals surface area contributed by atoms with Gasteiger partial charge >= 0.3 is 0 Å². The van der Waals surface area contributed by atoms with Crippen LogP contribution >= 0.6 is 0 Å². The Kier molecular flexibility index (Phi) is 9.43. The average molecular weight is 447 g/mol. The number of amides is 2. The molecule has 0 spiro atoms. The lowest BCUT2D eigenvalue weighted by Crippen LogP contribution is -2.54. The van der Waals surface area contributed by atoms with Gasteiger partial charge < -0.3 is 21.3 Å². The molecule has 0 aliphatic carbocycles. The predicted molar refractivity (Wildman–Crippen MR) is 129 cm³/mol. The maximum Gasteiger partial charge on any atom is 0.259 e. The quantitative estimate of drug-likeness (QED) is 0.476. The molecule has 0 bridgehead atoms. The molecule has 2 atom stereocenters. The van der Waals surface area contributed by atoms with Crippen molar-refractivity contribution in [3.8, 4) is 0 Å². The lowest BCUT2D eigenvalue weighted by molar-refractivity contribution is -0.122. The lowest BCUT2D eigenvalue weighted by Gasteiger charge is -2.38. The third kappa shape index (κ3) is 7.15. The van der Waals surface area contributed by atoms with Crippen LogP contribution in [-0.4, -0.2) is 58.9 Å². The first-order chi connectivity index (χ1) is 15.0. The normalized spacial score (nSPS) is 19.1. The summed E-state index contributed by atoms with van der Waals surface area (Å²) < 4.78 is 0. The fourth-order valence-corrected chi connectivity index (χ4v) is 3.94. The van der Waals surface area contributed by atoms with Crippen LogP contribution in [-0.2, 0) is 10.2 Å². The largest absolute Gasteiger partial charge is 0.369 e. The molecular formula is C24H42N6O2. The minimum atomic E-state index is -0.324. The van der Waals surface area contributed by atoms with Crippen molar-refractivity contribution >= 4 is 17.6 Å². The summed E-state index contributed by atoms with van der Waals surface area (Å²) in [5, 5.41) is 6.67. The average Bonchev–Trinajstić information content (AvgIpc) is 2.73. The number of rotatable bonds is 10. The van der Waals surface area contributed by atoms with Crippen LogP contribution in [0.25, 0.3) is 0 Å². The number of anilines is 1. The van der Waals surface area contributed by atoms with Crippen LogP contribution in [0.15, 0.2) is 6.20 Å². The number of aromatic nitrogens is 2. The van der Waals surface area contributed by atoms with E-state index in [1.807, 2.05) is 4.90 Å². The number of hydrogen-bond acceptors (Lipinski definition) is 6. The maximum atomic E-state index is 13.8. The first-order valence-corrected chi connectivity index (χ1v) is 12.0. The maximum absolute atomic E-state index is 13.8. The van der Waals surface area contributed by atoms with E-state index >= 15 is 0 Å². The van der Waals surface area contributed by atoms with Gasteiger partial charge in [0.05, 0.1) is 5.92 Å². The number of carbonyl (C=O) groups excluding carboxylic acids is 2. The molecule has 2 heterocycles. The molecule has 0 unspecified atom stereocenters. The SMILES string of the molecule is CCCCCNc1nc(C(C)(C)C)ncc1C(=O)N(CC(C)C)[C@@H]1CNC[C@H](C(N)=O)C1. The summed E-state index contributed by atoms with van der Waals surface area (Å²) >= 11 is 0. The van der Waals surface area contributed by atoms with Gasteiger partial charge in [0.2, 0.25) is 5.91 Å². The second-order valence-corrected chi connectivity index (χ2v) is 10.3. The third-order valence-corrected chi connectivity index (χ3v) is 5.76. The number of piperidine rings is 1. The highest BCUT2D eigenvalue weighted by molar-refractivity contribution is 5.98. The molecule has 0 aromatic carbocycles. The lowest BCUT2D eigenvalue weighted by atomic mass is 9.93. The van der Waals surface area contributed by atoms with Crippen molar-refractivity contribution in [2.24, 2.45) is 17.6 Å². The Hall–Kier alpha value is -2.22. The van der Waals surface area contributed by atoms with Crippen molar-refractivity contribution < 1.29 is 9.59 Å². The number of nitrogens with two attached hydrogens (primary N) is 1. The van der Waals surface area contributed by atoms with Crippen molar-refractivity contribution in [3.05, 3.63) is 17.6 Å². The summed E-state index contributed by atoms with van der Waals surface area (Å²) in [7, 11) is 0. The van der Waals surface area contributed by atoms with E-state index in [0.29, 0.717) is 43.3 Å². The molecule has 1 saturated heterocycles. The number of nitrogens with zero attached hydrogens (tertiary/aromatic N) is 3. The minimum Gasteiger partial charge on any atom is -0.369 e. The molecule has 1 aliphatic rings. The first-order valence-electron chi connectivity index (χ1n) is 12.0. The molecule has 1 fully saturated rings. The summed E-state index contributed by atoms with van der Waals surface area (Å²) in [4.78, 5) is 36.7. The van der Waals surface area contributed by atoms with E-state index in [4.69, 9.17) is 10.7 Å². The van der Waals surface area contributed by atoms with Gasteiger partial charge in [-0.3, -0.25) is 9.59 Å². The summed E-state index contributed by atoms with van der Waals surface area (Å²) in [6, 6.07) is -0.105. The van der Waals surface area contributed by atoms with E-state index in [9.17, 15) is 9.59 Å². The Morgan fingerprint density at radius 2 is 2.00 bits per heavy atom. The molecule has 2 amide bonds. The fourth-order valence-electron chi connectivity index (χ4n) is 3.94. The number of carbonyl (C=O) groups is 2.